The van der Waals surface area contributed by atoms with Gasteiger partial charge in [-0.25, -0.2) is 0 Å². The zero-order valence-electron chi connectivity index (χ0n) is 16.8. The van der Waals surface area contributed by atoms with Crippen molar-refractivity contribution < 1.29 is 19.5 Å². The molecule has 3 N–H and O–H groups in total. The predicted octanol–water partition coefficient (Wildman–Crippen LogP) is 1.68. The number of benzene rings is 2. The Bertz CT molecular complexity index is 1090. The van der Waals surface area contributed by atoms with Gasteiger partial charge in [0.1, 0.15) is 5.54 Å². The first kappa shape index (κ1) is 20.2. The number of anilines is 1. The molecule has 2 fully saturated rings. The lowest BCUT2D eigenvalue weighted by Gasteiger charge is -2.30. The molecule has 31 heavy (non-hydrogen) atoms. The van der Waals surface area contributed by atoms with E-state index in [0.717, 1.165) is 5.56 Å². The van der Waals surface area contributed by atoms with E-state index in [1.165, 1.54) is 4.90 Å². The van der Waals surface area contributed by atoms with Crippen molar-refractivity contribution in [1.82, 2.24) is 10.2 Å². The van der Waals surface area contributed by atoms with Crippen LogP contribution in [0.2, 0.25) is 5.02 Å². The number of rotatable bonds is 4. The van der Waals surface area contributed by atoms with E-state index in [2.05, 4.69) is 10.6 Å². The first-order valence-corrected chi connectivity index (χ1v) is 10.7. The summed E-state index contributed by atoms with van der Waals surface area (Å²) in [5.74, 6) is -2.95. The molecule has 2 saturated heterocycles. The van der Waals surface area contributed by atoms with Gasteiger partial charge in [0, 0.05) is 28.9 Å². The van der Waals surface area contributed by atoms with Gasteiger partial charge in [-0.15, -0.1) is 0 Å². The summed E-state index contributed by atoms with van der Waals surface area (Å²) in [6, 6.07) is 13.9. The molecule has 3 aliphatic rings. The number of aliphatic hydroxyl groups is 1. The summed E-state index contributed by atoms with van der Waals surface area (Å²) in [6.07, 6.45) is -0.416. The van der Waals surface area contributed by atoms with E-state index in [0.29, 0.717) is 22.7 Å². The third kappa shape index (κ3) is 2.84. The van der Waals surface area contributed by atoms with Crippen LogP contribution in [0.5, 0.6) is 0 Å². The van der Waals surface area contributed by atoms with Crippen LogP contribution in [-0.4, -0.2) is 46.4 Å². The van der Waals surface area contributed by atoms with E-state index < -0.39 is 41.3 Å². The molecule has 0 bridgehead atoms. The van der Waals surface area contributed by atoms with Crippen LogP contribution in [0.4, 0.5) is 5.69 Å². The van der Waals surface area contributed by atoms with Crippen molar-refractivity contribution in [2.75, 3.05) is 11.9 Å². The number of fused-ring (bicyclic) bond motifs is 4. The summed E-state index contributed by atoms with van der Waals surface area (Å²) >= 11 is 6.21. The van der Waals surface area contributed by atoms with Crippen LogP contribution in [0.25, 0.3) is 0 Å². The fourth-order valence-corrected chi connectivity index (χ4v) is 5.46. The molecule has 0 aromatic heterocycles. The highest BCUT2D eigenvalue weighted by Crippen LogP contribution is 2.53. The molecular formula is C23H22ClN3O4. The minimum Gasteiger partial charge on any atom is -0.392 e. The van der Waals surface area contributed by atoms with E-state index in [4.69, 9.17) is 11.6 Å². The Morgan fingerprint density at radius 2 is 1.87 bits per heavy atom. The van der Waals surface area contributed by atoms with Gasteiger partial charge in [0.2, 0.25) is 17.7 Å². The second-order valence-corrected chi connectivity index (χ2v) is 8.87. The van der Waals surface area contributed by atoms with Crippen LogP contribution >= 0.6 is 11.6 Å². The molecule has 160 valence electrons. The molecule has 0 unspecified atom stereocenters. The Balaban J connectivity index is 1.55. The zero-order valence-corrected chi connectivity index (χ0v) is 17.6. The van der Waals surface area contributed by atoms with Gasteiger partial charge in [0.25, 0.3) is 0 Å². The monoisotopic (exact) mass is 439 g/mol. The molecule has 2 aromatic rings. The third-order valence-electron chi connectivity index (χ3n) is 6.69. The number of halogens is 1. The lowest BCUT2D eigenvalue weighted by atomic mass is 9.76. The van der Waals surface area contributed by atoms with Crippen LogP contribution in [0.3, 0.4) is 0 Å². The van der Waals surface area contributed by atoms with Crippen LogP contribution in [0.1, 0.15) is 18.1 Å². The van der Waals surface area contributed by atoms with Crippen LogP contribution in [0.15, 0.2) is 48.5 Å². The lowest BCUT2D eigenvalue weighted by molar-refractivity contribution is -0.143. The number of aliphatic hydroxyl groups excluding tert-OH is 1. The third-order valence-corrected chi connectivity index (χ3v) is 6.92. The summed E-state index contributed by atoms with van der Waals surface area (Å²) in [5, 5.41) is 16.8. The number of hydrogen-bond acceptors (Lipinski definition) is 5. The van der Waals surface area contributed by atoms with Crippen LogP contribution in [-0.2, 0) is 26.3 Å². The second kappa shape index (κ2) is 7.15. The van der Waals surface area contributed by atoms with E-state index in [1.807, 2.05) is 30.3 Å². The van der Waals surface area contributed by atoms with Gasteiger partial charge in [-0.3, -0.25) is 24.6 Å². The van der Waals surface area contributed by atoms with Crippen molar-refractivity contribution >= 4 is 35.0 Å². The minimum absolute atomic E-state index is 0.224. The van der Waals surface area contributed by atoms with E-state index in [9.17, 15) is 19.5 Å². The topological polar surface area (TPSA) is 98.7 Å². The number of carbonyl (C=O) groups excluding carboxylic acids is 3. The Morgan fingerprint density at radius 3 is 2.58 bits per heavy atom. The van der Waals surface area contributed by atoms with E-state index >= 15 is 0 Å². The lowest BCUT2D eigenvalue weighted by Crippen LogP contribution is -2.55. The quantitative estimate of drug-likeness (QED) is 0.630. The normalized spacial score (nSPS) is 30.0. The van der Waals surface area contributed by atoms with Gasteiger partial charge in [0.05, 0.1) is 17.9 Å². The molecule has 0 radical (unpaired) electrons. The first-order chi connectivity index (χ1) is 14.8. The number of amides is 3. The minimum atomic E-state index is -1.44. The maximum atomic E-state index is 13.6. The number of hydrogen-bond donors (Lipinski definition) is 3. The van der Waals surface area contributed by atoms with Gasteiger partial charge in [-0.2, -0.15) is 0 Å². The first-order valence-electron chi connectivity index (χ1n) is 10.3. The summed E-state index contributed by atoms with van der Waals surface area (Å²) in [7, 11) is 0. The summed E-state index contributed by atoms with van der Waals surface area (Å²) in [6.45, 7) is 1.78. The summed E-state index contributed by atoms with van der Waals surface area (Å²) < 4.78 is 0. The molecule has 1 spiro atoms. The fourth-order valence-electron chi connectivity index (χ4n) is 5.28. The Hall–Kier alpha value is -2.74. The zero-order chi connectivity index (χ0) is 21.9. The van der Waals surface area contributed by atoms with Crippen molar-refractivity contribution in [1.29, 1.82) is 0 Å². The van der Waals surface area contributed by atoms with E-state index in [-0.39, 0.29) is 12.5 Å². The smallest absolute Gasteiger partial charge is 0.250 e. The Kier molecular flexibility index (Phi) is 4.66. The van der Waals surface area contributed by atoms with Gasteiger partial charge < -0.3 is 10.4 Å². The molecule has 3 aliphatic heterocycles. The predicted molar refractivity (Wildman–Crippen MR) is 114 cm³/mol. The number of nitrogens with zero attached hydrogens (tertiary/aromatic N) is 1. The SMILES string of the molecule is C[C@H](O)[C@H]1N[C@]2(C(=O)Nc3ccc(Cl)cc32)[C@@H]2C(=O)N(CCc3ccccc3)C(=O)[C@@H]12. The molecular weight excluding hydrogens is 418 g/mol. The van der Waals surface area contributed by atoms with Gasteiger partial charge in [-0.05, 0) is 37.1 Å². The average molecular weight is 440 g/mol. The summed E-state index contributed by atoms with van der Waals surface area (Å²) in [5.41, 5.74) is 0.653. The van der Waals surface area contributed by atoms with Gasteiger partial charge in [0.15, 0.2) is 0 Å². The molecule has 5 atom stereocenters. The Labute approximate surface area is 184 Å². The van der Waals surface area contributed by atoms with Crippen molar-refractivity contribution in [2.45, 2.75) is 31.0 Å². The van der Waals surface area contributed by atoms with Gasteiger partial charge in [-0.1, -0.05) is 41.9 Å². The van der Waals surface area contributed by atoms with Crippen LogP contribution < -0.4 is 10.6 Å². The molecule has 5 rings (SSSR count). The second-order valence-electron chi connectivity index (χ2n) is 8.43. The number of carbonyl (C=O) groups is 3. The largest absolute Gasteiger partial charge is 0.392 e. The maximum Gasteiger partial charge on any atom is 0.250 e. The Morgan fingerprint density at radius 1 is 1.13 bits per heavy atom. The molecule has 3 amide bonds. The highest BCUT2D eigenvalue weighted by atomic mass is 35.5. The number of nitrogens with one attached hydrogen (secondary N) is 2. The fraction of sp³-hybridized carbons (Fsp3) is 0.348. The molecule has 3 heterocycles. The van der Waals surface area contributed by atoms with Crippen molar-refractivity contribution in [3.63, 3.8) is 0 Å². The van der Waals surface area contributed by atoms with Crippen LogP contribution in [0, 0.1) is 11.8 Å². The molecule has 2 aromatic carbocycles. The highest BCUT2D eigenvalue weighted by Gasteiger charge is 2.71. The molecule has 8 heteroatoms. The number of likely N-dealkylation sites (tertiary alicyclic amines) is 1. The van der Waals surface area contributed by atoms with Crippen molar-refractivity contribution in [3.05, 3.63) is 64.7 Å². The average Bonchev–Trinajstić information content (AvgIpc) is 3.33. The molecule has 0 saturated carbocycles. The molecule has 0 aliphatic carbocycles. The van der Waals surface area contributed by atoms with E-state index in [1.54, 1.807) is 25.1 Å². The van der Waals surface area contributed by atoms with Crippen molar-refractivity contribution in [2.24, 2.45) is 11.8 Å². The number of imide groups is 1. The highest BCUT2D eigenvalue weighted by molar-refractivity contribution is 6.31. The summed E-state index contributed by atoms with van der Waals surface area (Å²) in [4.78, 5) is 41.4. The standard InChI is InChI=1S/C23H22ClN3O4/c1-12(28)19-17-18(21(30)27(20(17)29)10-9-13-5-3-2-4-6-13)23(26-19)15-11-14(24)7-8-16(15)25-22(23)31/h2-8,11-12,17-19,26,28H,9-10H2,1H3,(H,25,31)/t12-,17+,18-,19+,23-/m0/s1. The maximum absolute atomic E-state index is 13.6. The van der Waals surface area contributed by atoms with Crippen molar-refractivity contribution in [3.8, 4) is 0 Å². The van der Waals surface area contributed by atoms with Gasteiger partial charge >= 0.3 is 0 Å². The molecule has 7 nitrogen and oxygen atoms in total.